The molecule has 0 unspecified atom stereocenters. The average molecular weight is 331 g/mol. The summed E-state index contributed by atoms with van der Waals surface area (Å²) in [7, 11) is 1.99. The van der Waals surface area contributed by atoms with Gasteiger partial charge in [-0.15, -0.1) is 0 Å². The van der Waals surface area contributed by atoms with Gasteiger partial charge in [0.1, 0.15) is 0 Å². The number of rotatable bonds is 8. The lowest BCUT2D eigenvalue weighted by atomic mass is 9.95. The number of nitrogens with one attached hydrogen (secondary N) is 1. The molecule has 0 saturated heterocycles. The van der Waals surface area contributed by atoms with E-state index in [4.69, 9.17) is 4.52 Å². The van der Waals surface area contributed by atoms with Gasteiger partial charge >= 0.3 is 0 Å². The zero-order valence-corrected chi connectivity index (χ0v) is 14.5. The number of hydrogen-bond acceptors (Lipinski definition) is 5. The summed E-state index contributed by atoms with van der Waals surface area (Å²) in [6, 6.07) is 11.8. The predicted molar refractivity (Wildman–Crippen MR) is 91.3 cm³/mol. The molecule has 0 aliphatic heterocycles. The van der Waals surface area contributed by atoms with Crippen LogP contribution in [-0.4, -0.2) is 41.3 Å². The Morgan fingerprint density at radius 1 is 1.29 bits per heavy atom. The van der Waals surface area contributed by atoms with Gasteiger partial charge in [0.15, 0.2) is 11.5 Å². The summed E-state index contributed by atoms with van der Waals surface area (Å²) in [6.07, 6.45) is 0. The first kappa shape index (κ1) is 18.2. The van der Waals surface area contributed by atoms with E-state index in [0.717, 1.165) is 6.54 Å². The second-order valence-electron chi connectivity index (χ2n) is 6.84. The molecule has 2 aromatic rings. The van der Waals surface area contributed by atoms with Crippen molar-refractivity contribution in [1.82, 2.24) is 15.4 Å². The second-order valence-corrected chi connectivity index (χ2v) is 6.84. The Balaban J connectivity index is 1.87. The fraction of sp³-hybridized carbons (Fsp3) is 0.444. The van der Waals surface area contributed by atoms with Crippen molar-refractivity contribution in [3.8, 4) is 0 Å². The molecule has 0 aliphatic carbocycles. The quantitative estimate of drug-likeness (QED) is 0.774. The Kier molecular flexibility index (Phi) is 6.11. The minimum Gasteiger partial charge on any atom is -0.396 e. The normalized spacial score (nSPS) is 11.7. The van der Waals surface area contributed by atoms with Gasteiger partial charge in [0, 0.05) is 31.2 Å². The van der Waals surface area contributed by atoms with Crippen molar-refractivity contribution in [1.29, 1.82) is 0 Å². The highest BCUT2D eigenvalue weighted by atomic mass is 16.5. The molecule has 1 aromatic heterocycles. The number of aliphatic hydroxyl groups excluding tert-OH is 1. The maximum absolute atomic E-state index is 12.1. The molecule has 2 N–H and O–H groups in total. The molecule has 130 valence electrons. The molecule has 0 bridgehead atoms. The number of carbonyl (C=O) groups is 1. The van der Waals surface area contributed by atoms with E-state index in [1.54, 1.807) is 6.07 Å². The molecule has 1 amide bonds. The molecular formula is C18H25N3O3. The van der Waals surface area contributed by atoms with Gasteiger partial charge in [0.2, 0.25) is 0 Å². The molecule has 6 nitrogen and oxygen atoms in total. The minimum absolute atomic E-state index is 0.00161. The van der Waals surface area contributed by atoms with Gasteiger partial charge < -0.3 is 14.9 Å². The Morgan fingerprint density at radius 3 is 2.67 bits per heavy atom. The van der Waals surface area contributed by atoms with E-state index in [1.165, 1.54) is 5.56 Å². The van der Waals surface area contributed by atoms with Gasteiger partial charge in [-0.25, -0.2) is 0 Å². The third-order valence-electron chi connectivity index (χ3n) is 3.67. The van der Waals surface area contributed by atoms with Crippen LogP contribution in [0.15, 0.2) is 40.9 Å². The molecule has 0 aliphatic rings. The third kappa shape index (κ3) is 5.47. The van der Waals surface area contributed by atoms with E-state index >= 15 is 0 Å². The molecular weight excluding hydrogens is 306 g/mol. The van der Waals surface area contributed by atoms with E-state index in [2.05, 4.69) is 27.5 Å². The first-order valence-corrected chi connectivity index (χ1v) is 7.97. The Hall–Kier alpha value is -2.18. The second kappa shape index (κ2) is 8.08. The van der Waals surface area contributed by atoms with Gasteiger partial charge in [0.05, 0.1) is 6.54 Å². The molecule has 6 heteroatoms. The highest BCUT2D eigenvalue weighted by Gasteiger charge is 2.20. The topological polar surface area (TPSA) is 78.6 Å². The van der Waals surface area contributed by atoms with Gasteiger partial charge in [-0.05, 0) is 12.6 Å². The predicted octanol–water partition coefficient (Wildman–Crippen LogP) is 2.05. The lowest BCUT2D eigenvalue weighted by molar-refractivity contribution is 0.0902. The summed E-state index contributed by atoms with van der Waals surface area (Å²) in [5.41, 5.74) is 1.11. The number of benzene rings is 1. The molecule has 0 atom stereocenters. The largest absolute Gasteiger partial charge is 0.396 e. The van der Waals surface area contributed by atoms with Crippen LogP contribution < -0.4 is 5.32 Å². The van der Waals surface area contributed by atoms with Crippen LogP contribution in [0.4, 0.5) is 0 Å². The first-order chi connectivity index (χ1) is 11.4. The number of aliphatic hydroxyl groups is 1. The van der Waals surface area contributed by atoms with Crippen LogP contribution in [0.25, 0.3) is 0 Å². The fourth-order valence-electron chi connectivity index (χ4n) is 2.18. The summed E-state index contributed by atoms with van der Waals surface area (Å²) in [4.78, 5) is 14.2. The maximum atomic E-state index is 12.1. The minimum atomic E-state index is -0.363. The lowest BCUT2D eigenvalue weighted by Gasteiger charge is -2.21. The average Bonchev–Trinajstić information content (AvgIpc) is 3.02. The zero-order chi connectivity index (χ0) is 17.6. The monoisotopic (exact) mass is 331 g/mol. The van der Waals surface area contributed by atoms with Gasteiger partial charge in [-0.3, -0.25) is 9.69 Å². The van der Waals surface area contributed by atoms with Crippen LogP contribution in [0.2, 0.25) is 0 Å². The van der Waals surface area contributed by atoms with Crippen molar-refractivity contribution >= 4 is 5.91 Å². The fourth-order valence-corrected chi connectivity index (χ4v) is 2.18. The van der Waals surface area contributed by atoms with Crippen molar-refractivity contribution in [3.05, 3.63) is 53.4 Å². The summed E-state index contributed by atoms with van der Waals surface area (Å²) in [5.74, 6) is 0.345. The molecule has 2 rings (SSSR count). The van der Waals surface area contributed by atoms with Crippen LogP contribution >= 0.6 is 0 Å². The number of amides is 1. The van der Waals surface area contributed by atoms with Crippen LogP contribution in [0, 0.1) is 5.41 Å². The standard InChI is InChI=1S/C18H25N3O3/c1-18(2,13-22)12-19-17(23)16-9-15(24-20-16)11-21(3)10-14-7-5-4-6-8-14/h4-9,22H,10-13H2,1-3H3,(H,19,23). The zero-order valence-electron chi connectivity index (χ0n) is 14.5. The molecule has 0 fully saturated rings. The van der Waals surface area contributed by atoms with E-state index in [-0.39, 0.29) is 23.6 Å². The molecule has 24 heavy (non-hydrogen) atoms. The Labute approximate surface area is 142 Å². The lowest BCUT2D eigenvalue weighted by Crippen LogP contribution is -2.36. The van der Waals surface area contributed by atoms with E-state index in [0.29, 0.717) is 18.8 Å². The van der Waals surface area contributed by atoms with Gasteiger partial charge in [-0.1, -0.05) is 49.3 Å². The number of hydrogen-bond donors (Lipinski definition) is 2. The Morgan fingerprint density at radius 2 is 2.00 bits per heavy atom. The van der Waals surface area contributed by atoms with E-state index in [9.17, 15) is 9.90 Å². The summed E-state index contributed by atoms with van der Waals surface area (Å²) >= 11 is 0. The van der Waals surface area contributed by atoms with Crippen LogP contribution in [-0.2, 0) is 13.1 Å². The van der Waals surface area contributed by atoms with Crippen molar-refractivity contribution in [2.24, 2.45) is 5.41 Å². The molecule has 1 heterocycles. The third-order valence-corrected chi connectivity index (χ3v) is 3.67. The smallest absolute Gasteiger partial charge is 0.273 e. The Bertz CT molecular complexity index is 653. The highest BCUT2D eigenvalue weighted by molar-refractivity contribution is 5.92. The van der Waals surface area contributed by atoms with Crippen molar-refractivity contribution in [2.45, 2.75) is 26.9 Å². The number of aromatic nitrogens is 1. The van der Waals surface area contributed by atoms with Crippen molar-refractivity contribution in [3.63, 3.8) is 0 Å². The molecule has 0 saturated carbocycles. The molecule has 0 radical (unpaired) electrons. The molecule has 0 spiro atoms. The number of nitrogens with zero attached hydrogens (tertiary/aromatic N) is 2. The van der Waals surface area contributed by atoms with Gasteiger partial charge in [0.25, 0.3) is 5.91 Å². The van der Waals surface area contributed by atoms with E-state index in [1.807, 2.05) is 39.1 Å². The first-order valence-electron chi connectivity index (χ1n) is 7.97. The van der Waals surface area contributed by atoms with Crippen molar-refractivity contribution in [2.75, 3.05) is 20.2 Å². The molecule has 1 aromatic carbocycles. The number of carbonyl (C=O) groups excluding carboxylic acids is 1. The maximum Gasteiger partial charge on any atom is 0.273 e. The summed E-state index contributed by atoms with van der Waals surface area (Å²) in [6.45, 7) is 5.48. The van der Waals surface area contributed by atoms with Crippen LogP contribution in [0.1, 0.15) is 35.7 Å². The summed E-state index contributed by atoms with van der Waals surface area (Å²) < 4.78 is 5.25. The van der Waals surface area contributed by atoms with Crippen LogP contribution in [0.5, 0.6) is 0 Å². The van der Waals surface area contributed by atoms with Crippen LogP contribution in [0.3, 0.4) is 0 Å². The van der Waals surface area contributed by atoms with E-state index < -0.39 is 0 Å². The highest BCUT2D eigenvalue weighted by Crippen LogP contribution is 2.13. The van der Waals surface area contributed by atoms with Crippen molar-refractivity contribution < 1.29 is 14.4 Å². The van der Waals surface area contributed by atoms with Gasteiger partial charge in [-0.2, -0.15) is 0 Å². The summed E-state index contributed by atoms with van der Waals surface area (Å²) in [5, 5.41) is 15.8. The SMILES string of the molecule is CN(Cc1ccccc1)Cc1cc(C(=O)NCC(C)(C)CO)no1.